The quantitative estimate of drug-likeness (QED) is 0.910. The molecule has 0 bridgehead atoms. The van der Waals surface area contributed by atoms with Gasteiger partial charge in [0.15, 0.2) is 5.82 Å². The van der Waals surface area contributed by atoms with E-state index in [0.29, 0.717) is 17.8 Å². The topological polar surface area (TPSA) is 51.0 Å². The molecule has 2 heterocycles. The fourth-order valence-electron chi connectivity index (χ4n) is 3.51. The summed E-state index contributed by atoms with van der Waals surface area (Å²) in [4.78, 5) is 4.71. The smallest absolute Gasteiger partial charge is 0.231 e. The number of aryl methyl sites for hydroxylation is 1. The van der Waals surface area contributed by atoms with Crippen molar-refractivity contribution in [3.8, 4) is 0 Å². The van der Waals surface area contributed by atoms with Crippen LogP contribution in [0.2, 0.25) is 0 Å². The first kappa shape index (κ1) is 12.1. The molecule has 4 heteroatoms. The van der Waals surface area contributed by atoms with Crippen molar-refractivity contribution in [2.75, 3.05) is 13.1 Å². The van der Waals surface area contributed by atoms with Gasteiger partial charge in [-0.05, 0) is 36.4 Å². The van der Waals surface area contributed by atoms with Crippen molar-refractivity contribution in [1.82, 2.24) is 15.5 Å². The lowest BCUT2D eigenvalue weighted by Gasteiger charge is -2.08. The second kappa shape index (κ2) is 4.70. The van der Waals surface area contributed by atoms with Crippen molar-refractivity contribution in [3.05, 3.63) is 47.1 Å². The molecule has 1 aliphatic carbocycles. The molecule has 0 saturated carbocycles. The molecule has 2 aliphatic rings. The third kappa shape index (κ3) is 1.86. The fourth-order valence-corrected chi connectivity index (χ4v) is 3.51. The summed E-state index contributed by atoms with van der Waals surface area (Å²) < 4.78 is 5.55. The minimum Gasteiger partial charge on any atom is -0.339 e. The van der Waals surface area contributed by atoms with Gasteiger partial charge in [0.25, 0.3) is 0 Å². The Balaban J connectivity index is 1.63. The predicted octanol–water partition coefficient (Wildman–Crippen LogP) is 2.47. The van der Waals surface area contributed by atoms with Gasteiger partial charge in [-0.2, -0.15) is 4.98 Å². The highest BCUT2D eigenvalue weighted by Crippen LogP contribution is 2.37. The molecule has 3 atom stereocenters. The Kier molecular flexibility index (Phi) is 2.84. The van der Waals surface area contributed by atoms with Crippen LogP contribution in [0.3, 0.4) is 0 Å². The molecule has 4 nitrogen and oxygen atoms in total. The van der Waals surface area contributed by atoms with Gasteiger partial charge in [0.1, 0.15) is 0 Å². The third-order valence-electron chi connectivity index (χ3n) is 4.74. The number of hydrogen-bond acceptors (Lipinski definition) is 4. The van der Waals surface area contributed by atoms with E-state index in [-0.39, 0.29) is 0 Å². The Morgan fingerprint density at radius 1 is 1.25 bits per heavy atom. The maximum absolute atomic E-state index is 5.55. The lowest BCUT2D eigenvalue weighted by atomic mass is 9.98. The predicted molar refractivity (Wildman–Crippen MR) is 75.7 cm³/mol. The Morgan fingerprint density at radius 2 is 2.15 bits per heavy atom. The molecule has 0 amide bonds. The summed E-state index contributed by atoms with van der Waals surface area (Å²) in [5.41, 5.74) is 2.80. The van der Waals surface area contributed by atoms with Crippen molar-refractivity contribution < 1.29 is 4.52 Å². The van der Waals surface area contributed by atoms with E-state index in [1.807, 2.05) is 0 Å². The number of nitrogens with zero attached hydrogens (tertiary/aromatic N) is 2. The van der Waals surface area contributed by atoms with Crippen LogP contribution < -0.4 is 5.32 Å². The number of nitrogens with one attached hydrogen (secondary N) is 1. The van der Waals surface area contributed by atoms with E-state index in [1.165, 1.54) is 11.1 Å². The first-order chi connectivity index (χ1) is 9.83. The zero-order valence-corrected chi connectivity index (χ0v) is 11.7. The first-order valence-electron chi connectivity index (χ1n) is 7.45. The minimum absolute atomic E-state index is 0.313. The van der Waals surface area contributed by atoms with Crippen molar-refractivity contribution in [3.63, 3.8) is 0 Å². The maximum Gasteiger partial charge on any atom is 0.231 e. The molecule has 2 aromatic rings. The highest BCUT2D eigenvalue weighted by molar-refractivity contribution is 5.38. The van der Waals surface area contributed by atoms with Gasteiger partial charge in [0.05, 0.1) is 5.92 Å². The van der Waals surface area contributed by atoms with Gasteiger partial charge in [-0.25, -0.2) is 0 Å². The molecule has 0 radical (unpaired) electrons. The molecule has 1 N–H and O–H groups in total. The average Bonchev–Trinajstić information content (AvgIpc) is 3.15. The van der Waals surface area contributed by atoms with Crippen LogP contribution in [0.1, 0.15) is 48.0 Å². The van der Waals surface area contributed by atoms with Crippen LogP contribution in [0.25, 0.3) is 0 Å². The van der Waals surface area contributed by atoms with Gasteiger partial charge in [-0.1, -0.05) is 36.3 Å². The van der Waals surface area contributed by atoms with E-state index in [2.05, 4.69) is 41.7 Å². The Morgan fingerprint density at radius 3 is 3.00 bits per heavy atom. The van der Waals surface area contributed by atoms with E-state index >= 15 is 0 Å². The maximum atomic E-state index is 5.55. The molecule has 4 rings (SSSR count). The number of fused-ring (bicyclic) bond motifs is 1. The van der Waals surface area contributed by atoms with E-state index in [9.17, 15) is 0 Å². The van der Waals surface area contributed by atoms with Gasteiger partial charge in [0, 0.05) is 12.5 Å². The van der Waals surface area contributed by atoms with Gasteiger partial charge >= 0.3 is 0 Å². The molecule has 1 fully saturated rings. The van der Waals surface area contributed by atoms with Gasteiger partial charge in [-0.3, -0.25) is 0 Å². The third-order valence-corrected chi connectivity index (χ3v) is 4.74. The summed E-state index contributed by atoms with van der Waals surface area (Å²) >= 11 is 0. The Hall–Kier alpha value is -1.68. The first-order valence-corrected chi connectivity index (χ1v) is 7.45. The zero-order valence-electron chi connectivity index (χ0n) is 11.7. The molecular weight excluding hydrogens is 250 g/mol. The standard InChI is InChI=1S/C16H19N3O/c1-10-8-17-9-14(10)16-18-15(19-20-16)13-7-6-11-4-2-3-5-12(11)13/h2-5,10,13-14,17H,6-9H2,1H3/t10-,13?,14-/m1/s1. The lowest BCUT2D eigenvalue weighted by molar-refractivity contribution is 0.335. The summed E-state index contributed by atoms with van der Waals surface area (Å²) in [7, 11) is 0. The molecular formula is C16H19N3O. The monoisotopic (exact) mass is 269 g/mol. The van der Waals surface area contributed by atoms with E-state index in [0.717, 1.165) is 37.6 Å². The van der Waals surface area contributed by atoms with Gasteiger partial charge in [0.2, 0.25) is 5.89 Å². The van der Waals surface area contributed by atoms with Crippen LogP contribution in [-0.4, -0.2) is 23.2 Å². The number of hydrogen-bond donors (Lipinski definition) is 1. The number of aromatic nitrogens is 2. The Bertz CT molecular complexity index is 622. The van der Waals surface area contributed by atoms with Crippen LogP contribution in [-0.2, 0) is 6.42 Å². The van der Waals surface area contributed by atoms with Crippen LogP contribution >= 0.6 is 0 Å². The summed E-state index contributed by atoms with van der Waals surface area (Å²) in [6.07, 6.45) is 2.21. The highest BCUT2D eigenvalue weighted by atomic mass is 16.5. The SMILES string of the molecule is C[C@@H]1CNC[C@H]1c1nc(C2CCc3ccccc32)no1. The molecule has 1 aromatic carbocycles. The normalized spacial score (nSPS) is 28.8. The van der Waals surface area contributed by atoms with Crippen molar-refractivity contribution in [1.29, 1.82) is 0 Å². The molecule has 1 unspecified atom stereocenters. The van der Waals surface area contributed by atoms with Crippen molar-refractivity contribution in [2.24, 2.45) is 5.92 Å². The molecule has 104 valence electrons. The highest BCUT2D eigenvalue weighted by Gasteiger charge is 2.32. The van der Waals surface area contributed by atoms with Gasteiger partial charge in [-0.15, -0.1) is 0 Å². The van der Waals surface area contributed by atoms with Crippen molar-refractivity contribution in [2.45, 2.75) is 31.6 Å². The van der Waals surface area contributed by atoms with Crippen LogP contribution in [0, 0.1) is 5.92 Å². The van der Waals surface area contributed by atoms with Crippen molar-refractivity contribution >= 4 is 0 Å². The zero-order chi connectivity index (χ0) is 13.5. The molecule has 0 spiro atoms. The van der Waals surface area contributed by atoms with Crippen LogP contribution in [0.4, 0.5) is 0 Å². The minimum atomic E-state index is 0.313. The summed E-state index contributed by atoms with van der Waals surface area (Å²) in [6, 6.07) is 8.61. The molecule has 1 aromatic heterocycles. The Labute approximate surface area is 118 Å². The molecule has 1 aliphatic heterocycles. The summed E-state index contributed by atoms with van der Waals surface area (Å²) in [5, 5.41) is 7.65. The molecule has 1 saturated heterocycles. The van der Waals surface area contributed by atoms with Gasteiger partial charge < -0.3 is 9.84 Å². The van der Waals surface area contributed by atoms with E-state index in [1.54, 1.807) is 0 Å². The van der Waals surface area contributed by atoms with E-state index < -0.39 is 0 Å². The van der Waals surface area contributed by atoms with Crippen LogP contribution in [0.5, 0.6) is 0 Å². The largest absolute Gasteiger partial charge is 0.339 e. The summed E-state index contributed by atoms with van der Waals surface area (Å²) in [5.74, 6) is 2.92. The lowest BCUT2D eigenvalue weighted by Crippen LogP contribution is -2.08. The average molecular weight is 269 g/mol. The molecule has 20 heavy (non-hydrogen) atoms. The number of rotatable bonds is 2. The fraction of sp³-hybridized carbons (Fsp3) is 0.500. The summed E-state index contributed by atoms with van der Waals surface area (Å²) in [6.45, 7) is 4.22. The second-order valence-corrected chi connectivity index (χ2v) is 6.02. The van der Waals surface area contributed by atoms with E-state index in [4.69, 9.17) is 9.51 Å². The second-order valence-electron chi connectivity index (χ2n) is 6.02. The number of benzene rings is 1. The van der Waals surface area contributed by atoms with Crippen LogP contribution in [0.15, 0.2) is 28.8 Å².